The van der Waals surface area contributed by atoms with Gasteiger partial charge in [-0.05, 0) is 45.2 Å². The molecule has 0 spiro atoms. The molecule has 1 aliphatic heterocycles. The molecule has 5 heteroatoms. The Kier molecular flexibility index (Phi) is 3.83. The topological polar surface area (TPSA) is 63.5 Å². The number of nitro groups is 1. The van der Waals surface area contributed by atoms with Gasteiger partial charge in [0.2, 0.25) is 0 Å². The van der Waals surface area contributed by atoms with Crippen molar-refractivity contribution in [3.63, 3.8) is 0 Å². The van der Waals surface area contributed by atoms with Crippen molar-refractivity contribution >= 4 is 11.6 Å². The summed E-state index contributed by atoms with van der Waals surface area (Å²) in [6.45, 7) is 4.49. The molecule has 0 aliphatic carbocycles. The Labute approximate surface area is 112 Å². The van der Waals surface area contributed by atoms with Crippen molar-refractivity contribution in [2.45, 2.75) is 39.2 Å². The average molecular weight is 262 g/mol. The summed E-state index contributed by atoms with van der Waals surface area (Å²) < 4.78 is 0. The molecule has 19 heavy (non-hydrogen) atoms. The van der Waals surface area contributed by atoms with Gasteiger partial charge in [0, 0.05) is 29.8 Å². The first kappa shape index (κ1) is 13.5. The summed E-state index contributed by atoms with van der Waals surface area (Å²) in [7, 11) is 0. The number of nitro benzene ring substituents is 1. The minimum Gasteiger partial charge on any atom is -0.336 e. The first-order chi connectivity index (χ1) is 9.00. The minimum absolute atomic E-state index is 0.0230. The first-order valence-corrected chi connectivity index (χ1v) is 6.56. The fraction of sp³-hybridized carbons (Fsp3) is 0.500. The largest absolute Gasteiger partial charge is 0.336 e. The molecule has 0 bridgehead atoms. The molecule has 0 unspecified atom stereocenters. The maximum Gasteiger partial charge on any atom is 0.272 e. The Morgan fingerprint density at radius 2 is 2.16 bits per heavy atom. The van der Waals surface area contributed by atoms with E-state index < -0.39 is 4.92 Å². The monoisotopic (exact) mass is 262 g/mol. The number of hydrogen-bond acceptors (Lipinski definition) is 3. The predicted octanol–water partition coefficient (Wildman–Crippen LogP) is 2.92. The highest BCUT2D eigenvalue weighted by molar-refractivity contribution is 5.95. The molecule has 0 radical (unpaired) electrons. The van der Waals surface area contributed by atoms with Crippen molar-refractivity contribution in [1.29, 1.82) is 0 Å². The van der Waals surface area contributed by atoms with Crippen LogP contribution in [-0.2, 0) is 0 Å². The molecule has 1 saturated heterocycles. The predicted molar refractivity (Wildman–Crippen MR) is 72.2 cm³/mol. The Morgan fingerprint density at radius 3 is 2.74 bits per heavy atom. The standard InChI is InChI=1S/C14H18N2O3/c1-10-9-12(6-7-13(10)16(18)19)14(17)15-8-4-3-5-11(15)2/h6-7,9,11H,3-5,8H2,1-2H3/t11-/m0/s1. The lowest BCUT2D eigenvalue weighted by atomic mass is 10.0. The van der Waals surface area contributed by atoms with Crippen LogP contribution in [0.4, 0.5) is 5.69 Å². The summed E-state index contributed by atoms with van der Waals surface area (Å²) in [4.78, 5) is 24.6. The number of nitrogens with zero attached hydrogens (tertiary/aromatic N) is 2. The minimum atomic E-state index is -0.424. The van der Waals surface area contributed by atoms with E-state index in [1.807, 2.05) is 4.90 Å². The number of aryl methyl sites for hydroxylation is 1. The van der Waals surface area contributed by atoms with Crippen molar-refractivity contribution in [2.75, 3.05) is 6.54 Å². The summed E-state index contributed by atoms with van der Waals surface area (Å²) >= 11 is 0. The van der Waals surface area contributed by atoms with Gasteiger partial charge in [-0.3, -0.25) is 14.9 Å². The van der Waals surface area contributed by atoms with E-state index >= 15 is 0 Å². The van der Waals surface area contributed by atoms with Gasteiger partial charge in [0.25, 0.3) is 11.6 Å². The first-order valence-electron chi connectivity index (χ1n) is 6.56. The number of carbonyl (C=O) groups excluding carboxylic acids is 1. The molecule has 0 N–H and O–H groups in total. The van der Waals surface area contributed by atoms with Gasteiger partial charge >= 0.3 is 0 Å². The van der Waals surface area contributed by atoms with E-state index in [0.717, 1.165) is 25.8 Å². The second-order valence-corrected chi connectivity index (χ2v) is 5.10. The summed E-state index contributed by atoms with van der Waals surface area (Å²) in [6.07, 6.45) is 3.21. The quantitative estimate of drug-likeness (QED) is 0.608. The molecule has 0 saturated carbocycles. The molecular weight excluding hydrogens is 244 g/mol. The molecule has 1 heterocycles. The van der Waals surface area contributed by atoms with Crippen LogP contribution < -0.4 is 0 Å². The lowest BCUT2D eigenvalue weighted by molar-refractivity contribution is -0.385. The number of benzene rings is 1. The Bertz CT molecular complexity index is 513. The Morgan fingerprint density at radius 1 is 1.42 bits per heavy atom. The smallest absolute Gasteiger partial charge is 0.272 e. The molecule has 1 fully saturated rings. The van der Waals surface area contributed by atoms with Crippen LogP contribution in [0.2, 0.25) is 0 Å². The molecule has 102 valence electrons. The van der Waals surface area contributed by atoms with Crippen LogP contribution in [0.5, 0.6) is 0 Å². The SMILES string of the molecule is Cc1cc(C(=O)N2CCCC[C@@H]2C)ccc1[N+](=O)[O-]. The van der Waals surface area contributed by atoms with Crippen LogP contribution in [0.1, 0.15) is 42.1 Å². The average Bonchev–Trinajstić information content (AvgIpc) is 2.38. The molecule has 1 aromatic rings. The molecule has 0 aromatic heterocycles. The maximum atomic E-state index is 12.4. The Balaban J connectivity index is 2.24. The van der Waals surface area contributed by atoms with Crippen LogP contribution in [0, 0.1) is 17.0 Å². The molecule has 1 atom stereocenters. The third-order valence-corrected chi connectivity index (χ3v) is 3.70. The fourth-order valence-electron chi connectivity index (χ4n) is 2.56. The van der Waals surface area contributed by atoms with Gasteiger partial charge in [-0.1, -0.05) is 0 Å². The van der Waals surface area contributed by atoms with Gasteiger partial charge in [0.1, 0.15) is 0 Å². The molecular formula is C14H18N2O3. The summed E-state index contributed by atoms with van der Waals surface area (Å²) in [6, 6.07) is 4.82. The number of carbonyl (C=O) groups is 1. The molecule has 1 aliphatic rings. The molecule has 5 nitrogen and oxygen atoms in total. The van der Waals surface area contributed by atoms with E-state index in [4.69, 9.17) is 0 Å². The van der Waals surface area contributed by atoms with Crippen molar-refractivity contribution in [2.24, 2.45) is 0 Å². The second kappa shape index (κ2) is 5.38. The third-order valence-electron chi connectivity index (χ3n) is 3.70. The number of hydrogen-bond donors (Lipinski definition) is 0. The van der Waals surface area contributed by atoms with Crippen LogP contribution in [0.3, 0.4) is 0 Å². The number of piperidine rings is 1. The van der Waals surface area contributed by atoms with Crippen molar-refractivity contribution in [1.82, 2.24) is 4.90 Å². The second-order valence-electron chi connectivity index (χ2n) is 5.10. The highest BCUT2D eigenvalue weighted by Crippen LogP contribution is 2.23. The van der Waals surface area contributed by atoms with E-state index in [2.05, 4.69) is 6.92 Å². The highest BCUT2D eigenvalue weighted by Gasteiger charge is 2.25. The summed E-state index contributed by atoms with van der Waals surface area (Å²) in [5, 5.41) is 10.8. The maximum absolute atomic E-state index is 12.4. The van der Waals surface area contributed by atoms with Gasteiger partial charge in [-0.15, -0.1) is 0 Å². The number of likely N-dealkylation sites (tertiary alicyclic amines) is 1. The zero-order valence-electron chi connectivity index (χ0n) is 11.3. The van der Waals surface area contributed by atoms with Crippen molar-refractivity contribution < 1.29 is 9.72 Å². The summed E-state index contributed by atoms with van der Waals surface area (Å²) in [5.74, 6) is -0.0230. The zero-order chi connectivity index (χ0) is 14.0. The lowest BCUT2D eigenvalue weighted by Crippen LogP contribution is -2.42. The normalized spacial score (nSPS) is 19.3. The van der Waals surface area contributed by atoms with Gasteiger partial charge in [-0.25, -0.2) is 0 Å². The van der Waals surface area contributed by atoms with Gasteiger partial charge < -0.3 is 4.90 Å². The van der Waals surface area contributed by atoms with E-state index in [-0.39, 0.29) is 17.6 Å². The number of amides is 1. The van der Waals surface area contributed by atoms with E-state index in [1.165, 1.54) is 6.07 Å². The van der Waals surface area contributed by atoms with Crippen LogP contribution in [-0.4, -0.2) is 28.3 Å². The van der Waals surface area contributed by atoms with Crippen molar-refractivity contribution in [3.05, 3.63) is 39.4 Å². The van der Waals surface area contributed by atoms with Crippen molar-refractivity contribution in [3.8, 4) is 0 Å². The van der Waals surface area contributed by atoms with Gasteiger partial charge in [0.15, 0.2) is 0 Å². The van der Waals surface area contributed by atoms with Crippen LogP contribution >= 0.6 is 0 Å². The van der Waals surface area contributed by atoms with Crippen LogP contribution in [0.25, 0.3) is 0 Å². The number of rotatable bonds is 2. The zero-order valence-corrected chi connectivity index (χ0v) is 11.3. The third kappa shape index (κ3) is 2.75. The fourth-order valence-corrected chi connectivity index (χ4v) is 2.56. The van der Waals surface area contributed by atoms with Gasteiger partial charge in [0.05, 0.1) is 4.92 Å². The summed E-state index contributed by atoms with van der Waals surface area (Å²) in [5.41, 5.74) is 1.13. The molecule has 1 aromatic carbocycles. The van der Waals surface area contributed by atoms with E-state index in [1.54, 1.807) is 19.1 Å². The van der Waals surface area contributed by atoms with E-state index in [9.17, 15) is 14.9 Å². The van der Waals surface area contributed by atoms with E-state index in [0.29, 0.717) is 11.1 Å². The molecule has 2 rings (SSSR count). The highest BCUT2D eigenvalue weighted by atomic mass is 16.6. The lowest BCUT2D eigenvalue weighted by Gasteiger charge is -2.33. The Hall–Kier alpha value is -1.91. The van der Waals surface area contributed by atoms with Crippen LogP contribution in [0.15, 0.2) is 18.2 Å². The molecule has 1 amide bonds. The van der Waals surface area contributed by atoms with Gasteiger partial charge in [-0.2, -0.15) is 0 Å².